The number of carbonyl (C=O) groups is 1. The number of aromatic nitrogens is 2. The van der Waals surface area contributed by atoms with E-state index >= 15 is 0 Å². The molecule has 1 aliphatic heterocycles. The minimum absolute atomic E-state index is 0.0444. The van der Waals surface area contributed by atoms with Gasteiger partial charge in [-0.15, -0.1) is 0 Å². The van der Waals surface area contributed by atoms with E-state index in [1.807, 2.05) is 32.9 Å². The van der Waals surface area contributed by atoms with Crippen LogP contribution >= 0.6 is 0 Å². The summed E-state index contributed by atoms with van der Waals surface area (Å²) in [7, 11) is 2.11. The second-order valence-electron chi connectivity index (χ2n) is 11.8. The molecule has 1 N–H and O–H groups in total. The largest absolute Gasteiger partial charge is 0.490 e. The molecule has 1 aliphatic rings. The molecule has 0 bridgehead atoms. The van der Waals surface area contributed by atoms with Crippen LogP contribution in [-0.2, 0) is 6.54 Å². The fourth-order valence-electron chi connectivity index (χ4n) is 5.47. The van der Waals surface area contributed by atoms with Gasteiger partial charge in [0.05, 0.1) is 13.2 Å². The Bertz CT molecular complexity index is 1690. The van der Waals surface area contributed by atoms with Crippen molar-refractivity contribution >= 4 is 23.5 Å². The average molecular weight is 649 g/mol. The van der Waals surface area contributed by atoms with Gasteiger partial charge < -0.3 is 24.6 Å². The van der Waals surface area contributed by atoms with Crippen LogP contribution in [0.4, 0.5) is 35.4 Å². The van der Waals surface area contributed by atoms with Crippen LogP contribution in [0.1, 0.15) is 28.7 Å². The molecule has 248 valence electrons. The van der Waals surface area contributed by atoms with Gasteiger partial charge in [0.15, 0.2) is 11.6 Å². The van der Waals surface area contributed by atoms with E-state index in [0.717, 1.165) is 78.9 Å². The van der Waals surface area contributed by atoms with Crippen molar-refractivity contribution in [3.63, 3.8) is 0 Å². The van der Waals surface area contributed by atoms with Crippen LogP contribution in [0.15, 0.2) is 60.8 Å². The fourth-order valence-corrected chi connectivity index (χ4v) is 5.47. The van der Waals surface area contributed by atoms with Crippen LogP contribution < -0.4 is 19.7 Å². The molecule has 1 saturated heterocycles. The Labute approximate surface area is 272 Å². The predicted molar refractivity (Wildman–Crippen MR) is 175 cm³/mol. The standard InChI is InChI=1S/C35H39F3N6O3/c1-23-18-24(2)33(25(3)19-23)47-35(45)44(22-26-20-27(36)6-8-29(26)37)32-10-11-39-34(41-32)40-28-7-9-31(30(38)21-28)46-17-5-12-43-15-13-42(4)14-16-43/h6-11,18-21H,5,12-17,22H2,1-4H3,(H,39,40,41). The lowest BCUT2D eigenvalue weighted by molar-refractivity contribution is 0.145. The lowest BCUT2D eigenvalue weighted by atomic mass is 10.1. The van der Waals surface area contributed by atoms with Crippen molar-refractivity contribution < 1.29 is 27.4 Å². The Hall–Kier alpha value is -4.68. The molecule has 0 aliphatic carbocycles. The third kappa shape index (κ3) is 8.99. The molecule has 2 heterocycles. The van der Waals surface area contributed by atoms with E-state index in [1.54, 1.807) is 6.07 Å². The van der Waals surface area contributed by atoms with Gasteiger partial charge in [0.2, 0.25) is 5.95 Å². The maximum atomic E-state index is 14.9. The predicted octanol–water partition coefficient (Wildman–Crippen LogP) is 6.78. The van der Waals surface area contributed by atoms with Crippen molar-refractivity contribution in [2.75, 3.05) is 56.6 Å². The van der Waals surface area contributed by atoms with Crippen molar-refractivity contribution in [1.82, 2.24) is 19.8 Å². The molecule has 0 atom stereocenters. The van der Waals surface area contributed by atoms with Gasteiger partial charge in [-0.1, -0.05) is 17.7 Å². The number of anilines is 3. The van der Waals surface area contributed by atoms with Gasteiger partial charge in [-0.25, -0.2) is 22.9 Å². The number of hydrogen-bond donors (Lipinski definition) is 1. The molecule has 0 unspecified atom stereocenters. The van der Waals surface area contributed by atoms with Crippen molar-refractivity contribution in [3.05, 3.63) is 100 Å². The van der Waals surface area contributed by atoms with Gasteiger partial charge in [-0.3, -0.25) is 4.90 Å². The molecule has 0 spiro atoms. The molecule has 12 heteroatoms. The summed E-state index contributed by atoms with van der Waals surface area (Å²) in [5.74, 6) is -1.32. The first kappa shape index (κ1) is 33.7. The molecule has 5 rings (SSSR count). The molecule has 4 aromatic rings. The fraction of sp³-hybridized carbons (Fsp3) is 0.343. The number of ether oxygens (including phenoxy) is 2. The number of amides is 1. The van der Waals surface area contributed by atoms with Crippen LogP contribution in [0.3, 0.4) is 0 Å². The van der Waals surface area contributed by atoms with Gasteiger partial charge >= 0.3 is 6.09 Å². The summed E-state index contributed by atoms with van der Waals surface area (Å²) in [6, 6.07) is 12.6. The topological polar surface area (TPSA) is 83.1 Å². The molecule has 1 fully saturated rings. The second-order valence-corrected chi connectivity index (χ2v) is 11.8. The van der Waals surface area contributed by atoms with Gasteiger partial charge in [0.25, 0.3) is 0 Å². The van der Waals surface area contributed by atoms with Crippen LogP contribution in [0, 0.1) is 38.2 Å². The minimum atomic E-state index is -0.853. The van der Waals surface area contributed by atoms with Gasteiger partial charge in [0.1, 0.15) is 23.2 Å². The minimum Gasteiger partial charge on any atom is -0.490 e. The SMILES string of the molecule is Cc1cc(C)c(OC(=O)N(Cc2cc(F)ccc2F)c2ccnc(Nc3ccc(OCCCN4CCN(C)CC4)c(F)c3)n2)c(C)c1. The first-order valence-electron chi connectivity index (χ1n) is 15.5. The average Bonchev–Trinajstić information content (AvgIpc) is 3.03. The van der Waals surface area contributed by atoms with Crippen LogP contribution in [0.5, 0.6) is 11.5 Å². The lowest BCUT2D eigenvalue weighted by Gasteiger charge is -2.32. The van der Waals surface area contributed by atoms with Gasteiger partial charge in [-0.05, 0) is 81.8 Å². The van der Waals surface area contributed by atoms with Gasteiger partial charge in [-0.2, -0.15) is 4.98 Å². The van der Waals surface area contributed by atoms with Crippen molar-refractivity contribution in [1.29, 1.82) is 0 Å². The summed E-state index contributed by atoms with van der Waals surface area (Å²) in [5, 5.41) is 2.94. The highest BCUT2D eigenvalue weighted by atomic mass is 19.1. The highest BCUT2D eigenvalue weighted by Crippen LogP contribution is 2.28. The first-order chi connectivity index (χ1) is 22.5. The highest BCUT2D eigenvalue weighted by molar-refractivity contribution is 5.88. The summed E-state index contributed by atoms with van der Waals surface area (Å²) >= 11 is 0. The number of aryl methyl sites for hydroxylation is 3. The maximum Gasteiger partial charge on any atom is 0.421 e. The molecule has 47 heavy (non-hydrogen) atoms. The Morgan fingerprint density at radius 3 is 2.40 bits per heavy atom. The van der Waals surface area contributed by atoms with Crippen LogP contribution in [0.2, 0.25) is 0 Å². The highest BCUT2D eigenvalue weighted by Gasteiger charge is 2.24. The van der Waals surface area contributed by atoms with E-state index in [4.69, 9.17) is 9.47 Å². The summed E-state index contributed by atoms with van der Waals surface area (Å²) in [6.45, 7) is 10.6. The number of carbonyl (C=O) groups excluding carboxylic acids is 1. The molecule has 1 aromatic heterocycles. The van der Waals surface area contributed by atoms with E-state index in [-0.39, 0.29) is 29.6 Å². The number of likely N-dealkylation sites (N-methyl/N-ethyl adjacent to an activating group) is 1. The number of benzene rings is 3. The molecule has 9 nitrogen and oxygen atoms in total. The summed E-state index contributed by atoms with van der Waals surface area (Å²) in [4.78, 5) is 28.0. The number of rotatable bonds is 11. The lowest BCUT2D eigenvalue weighted by Crippen LogP contribution is -2.44. The quantitative estimate of drug-likeness (QED) is 0.178. The molecule has 0 saturated carbocycles. The number of nitrogens with zero attached hydrogens (tertiary/aromatic N) is 5. The Kier molecular flexibility index (Phi) is 10.9. The Balaban J connectivity index is 1.30. The third-order valence-electron chi connectivity index (χ3n) is 7.93. The van der Waals surface area contributed by atoms with Crippen molar-refractivity contribution in [2.45, 2.75) is 33.7 Å². The molecule has 1 amide bonds. The summed E-state index contributed by atoms with van der Waals surface area (Å²) < 4.78 is 55.2. The van der Waals surface area contributed by atoms with E-state index in [9.17, 15) is 18.0 Å². The first-order valence-corrected chi connectivity index (χ1v) is 15.5. The Morgan fingerprint density at radius 2 is 1.68 bits per heavy atom. The second kappa shape index (κ2) is 15.3. The molecule has 0 radical (unpaired) electrons. The Morgan fingerprint density at radius 1 is 0.936 bits per heavy atom. The molecular weight excluding hydrogens is 609 g/mol. The number of hydrogen-bond acceptors (Lipinski definition) is 8. The van der Waals surface area contributed by atoms with E-state index < -0.39 is 23.5 Å². The third-order valence-corrected chi connectivity index (χ3v) is 7.93. The maximum absolute atomic E-state index is 14.9. The van der Waals surface area contributed by atoms with Crippen molar-refractivity contribution in [2.24, 2.45) is 0 Å². The zero-order valence-corrected chi connectivity index (χ0v) is 27.0. The van der Waals surface area contributed by atoms with Gasteiger partial charge in [0, 0.05) is 56.2 Å². The molecule has 3 aromatic carbocycles. The molecular formula is C35H39F3N6O3. The summed E-state index contributed by atoms with van der Waals surface area (Å²) in [5.41, 5.74) is 2.75. The normalized spacial score (nSPS) is 13.8. The van der Waals surface area contributed by atoms with Crippen LogP contribution in [0.25, 0.3) is 0 Å². The zero-order chi connectivity index (χ0) is 33.5. The zero-order valence-electron chi connectivity index (χ0n) is 27.0. The van der Waals surface area contributed by atoms with Crippen molar-refractivity contribution in [3.8, 4) is 11.5 Å². The van der Waals surface area contributed by atoms with E-state index in [2.05, 4.69) is 32.1 Å². The smallest absolute Gasteiger partial charge is 0.421 e. The van der Waals surface area contributed by atoms with E-state index in [1.165, 1.54) is 24.4 Å². The number of piperazine rings is 1. The number of halogens is 3. The summed E-state index contributed by atoms with van der Waals surface area (Å²) in [6.07, 6.45) is 1.32. The van der Waals surface area contributed by atoms with Crippen LogP contribution in [-0.4, -0.2) is 72.2 Å². The monoisotopic (exact) mass is 648 g/mol. The number of nitrogens with one attached hydrogen (secondary N) is 1. The van der Waals surface area contributed by atoms with E-state index in [0.29, 0.717) is 18.0 Å².